The van der Waals surface area contributed by atoms with Crippen molar-refractivity contribution in [2.45, 2.75) is 6.18 Å². The third-order valence-corrected chi connectivity index (χ3v) is 6.17. The van der Waals surface area contributed by atoms with E-state index in [1.165, 1.54) is 34.9 Å². The molecule has 3 heterocycles. The van der Waals surface area contributed by atoms with Crippen LogP contribution in [-0.2, 0) is 6.18 Å². The van der Waals surface area contributed by atoms with Crippen LogP contribution in [0.3, 0.4) is 0 Å². The van der Waals surface area contributed by atoms with Gasteiger partial charge in [-0.25, -0.2) is 9.37 Å². The Labute approximate surface area is 200 Å². The lowest BCUT2D eigenvalue weighted by atomic mass is 10.1. The van der Waals surface area contributed by atoms with Gasteiger partial charge < -0.3 is 4.57 Å². The first-order chi connectivity index (χ1) is 16.2. The number of benzene rings is 1. The Hall–Kier alpha value is -3.74. The Morgan fingerprint density at radius 2 is 1.82 bits per heavy atom. The van der Waals surface area contributed by atoms with E-state index in [4.69, 9.17) is 11.6 Å². The van der Waals surface area contributed by atoms with Gasteiger partial charge in [0.15, 0.2) is 5.82 Å². The number of aromatic nitrogens is 2. The molecule has 4 rings (SSSR count). The average Bonchev–Trinajstić information content (AvgIpc) is 3.46. The lowest BCUT2D eigenvalue weighted by Gasteiger charge is -2.11. The molecule has 4 nitrogen and oxygen atoms in total. The van der Waals surface area contributed by atoms with E-state index < -0.39 is 17.6 Å². The Morgan fingerprint density at radius 3 is 2.47 bits per heavy atom. The van der Waals surface area contributed by atoms with E-state index in [9.17, 15) is 27.6 Å². The molecule has 10 heteroatoms. The molecular formula is C24H12ClF4N3OS. The van der Waals surface area contributed by atoms with Gasteiger partial charge >= 0.3 is 6.18 Å². The summed E-state index contributed by atoms with van der Waals surface area (Å²) < 4.78 is 53.3. The van der Waals surface area contributed by atoms with Gasteiger partial charge in [0.1, 0.15) is 11.9 Å². The van der Waals surface area contributed by atoms with Gasteiger partial charge in [0.25, 0.3) is 0 Å². The summed E-state index contributed by atoms with van der Waals surface area (Å²) in [5, 5.41) is 9.50. The van der Waals surface area contributed by atoms with E-state index >= 15 is 0 Å². The molecule has 0 fully saturated rings. The van der Waals surface area contributed by atoms with Gasteiger partial charge in [-0.05, 0) is 60.7 Å². The standard InChI is InChI=1S/C24H12ClF4N3OS/c25-19-11-16(24(27,28)29)13-31-23(19)32-9-1-2-18(32)10-15(12-30)20-7-8-21(34-20)22(33)14-3-5-17(26)6-4-14/h1-11,13H. The fraction of sp³-hybridized carbons (Fsp3) is 0.0417. The van der Waals surface area contributed by atoms with Crippen LogP contribution in [0, 0.1) is 17.1 Å². The Balaban J connectivity index is 1.66. The largest absolute Gasteiger partial charge is 0.417 e. The van der Waals surface area contributed by atoms with Crippen LogP contribution in [0.25, 0.3) is 17.5 Å². The van der Waals surface area contributed by atoms with Crippen LogP contribution in [0.4, 0.5) is 17.6 Å². The van der Waals surface area contributed by atoms with Crippen LogP contribution in [0.5, 0.6) is 0 Å². The highest BCUT2D eigenvalue weighted by Crippen LogP contribution is 2.33. The molecule has 0 aliphatic heterocycles. The number of hydrogen-bond donors (Lipinski definition) is 0. The first kappa shape index (κ1) is 23.4. The summed E-state index contributed by atoms with van der Waals surface area (Å²) in [6.45, 7) is 0. The van der Waals surface area contributed by atoms with Crippen LogP contribution in [0.2, 0.25) is 5.02 Å². The minimum Gasteiger partial charge on any atom is -0.301 e. The molecule has 0 bridgehead atoms. The van der Waals surface area contributed by atoms with Gasteiger partial charge in [0.05, 0.1) is 21.0 Å². The zero-order chi connectivity index (χ0) is 24.5. The molecule has 0 amide bonds. The Morgan fingerprint density at radius 1 is 1.12 bits per heavy atom. The second-order valence-electron chi connectivity index (χ2n) is 7.00. The fourth-order valence-electron chi connectivity index (χ4n) is 3.12. The summed E-state index contributed by atoms with van der Waals surface area (Å²) in [4.78, 5) is 17.4. The van der Waals surface area contributed by atoms with Crippen LogP contribution < -0.4 is 0 Å². The summed E-state index contributed by atoms with van der Waals surface area (Å²) >= 11 is 7.16. The van der Waals surface area contributed by atoms with E-state index in [-0.39, 0.29) is 22.2 Å². The highest BCUT2D eigenvalue weighted by molar-refractivity contribution is 7.15. The van der Waals surface area contributed by atoms with Crippen LogP contribution >= 0.6 is 22.9 Å². The number of alkyl halides is 3. The smallest absolute Gasteiger partial charge is 0.301 e. The number of allylic oxidation sites excluding steroid dienone is 1. The third-order valence-electron chi connectivity index (χ3n) is 4.77. The lowest BCUT2D eigenvalue weighted by Crippen LogP contribution is -2.08. The van der Waals surface area contributed by atoms with Crippen molar-refractivity contribution in [3.63, 3.8) is 0 Å². The number of rotatable bonds is 5. The highest BCUT2D eigenvalue weighted by Gasteiger charge is 2.31. The number of ketones is 1. The summed E-state index contributed by atoms with van der Waals surface area (Å²) in [6, 6.07) is 14.5. The number of pyridine rings is 1. The molecule has 0 radical (unpaired) electrons. The second-order valence-corrected chi connectivity index (χ2v) is 8.49. The molecule has 0 saturated heterocycles. The van der Waals surface area contributed by atoms with Crippen molar-refractivity contribution in [2.24, 2.45) is 0 Å². The van der Waals surface area contributed by atoms with Crippen molar-refractivity contribution >= 4 is 40.4 Å². The molecule has 3 aromatic heterocycles. The van der Waals surface area contributed by atoms with Gasteiger partial charge in [0, 0.05) is 28.5 Å². The van der Waals surface area contributed by atoms with E-state index in [0.717, 1.165) is 17.4 Å². The molecule has 0 aliphatic carbocycles. The molecule has 0 spiro atoms. The van der Waals surface area contributed by atoms with E-state index in [0.29, 0.717) is 27.2 Å². The molecule has 0 unspecified atom stereocenters. The van der Waals surface area contributed by atoms with Crippen molar-refractivity contribution in [1.29, 1.82) is 5.26 Å². The molecule has 0 aliphatic rings. The normalized spacial score (nSPS) is 11.9. The van der Waals surface area contributed by atoms with Crippen molar-refractivity contribution in [3.05, 3.63) is 104 Å². The molecule has 4 aromatic rings. The minimum absolute atomic E-state index is 0.0709. The highest BCUT2D eigenvalue weighted by atomic mass is 35.5. The molecule has 170 valence electrons. The van der Waals surface area contributed by atoms with Crippen LogP contribution in [-0.4, -0.2) is 15.3 Å². The number of nitriles is 1. The summed E-state index contributed by atoms with van der Waals surface area (Å²) in [5.74, 6) is -0.692. The predicted octanol–water partition coefficient (Wildman–Crippen LogP) is 7.04. The molecule has 34 heavy (non-hydrogen) atoms. The number of carbonyl (C=O) groups is 1. The quantitative estimate of drug-likeness (QED) is 0.167. The summed E-state index contributed by atoms with van der Waals surface area (Å²) in [5.41, 5.74) is 0.0194. The van der Waals surface area contributed by atoms with E-state index in [1.54, 1.807) is 30.5 Å². The van der Waals surface area contributed by atoms with E-state index in [1.807, 2.05) is 0 Å². The zero-order valence-electron chi connectivity index (χ0n) is 17.0. The summed E-state index contributed by atoms with van der Waals surface area (Å²) in [6.07, 6.45) is -0.814. The maximum atomic E-state index is 13.1. The topological polar surface area (TPSA) is 58.7 Å². The molecular weight excluding hydrogens is 490 g/mol. The van der Waals surface area contributed by atoms with Crippen molar-refractivity contribution in [2.75, 3.05) is 0 Å². The van der Waals surface area contributed by atoms with Crippen molar-refractivity contribution in [3.8, 4) is 11.9 Å². The van der Waals surface area contributed by atoms with Gasteiger partial charge in [-0.15, -0.1) is 11.3 Å². The van der Waals surface area contributed by atoms with E-state index in [2.05, 4.69) is 11.1 Å². The molecule has 0 atom stereocenters. The second kappa shape index (κ2) is 9.25. The number of hydrogen-bond acceptors (Lipinski definition) is 4. The Bertz CT molecular complexity index is 1450. The predicted molar refractivity (Wildman–Crippen MR) is 121 cm³/mol. The first-order valence-electron chi connectivity index (χ1n) is 9.60. The van der Waals surface area contributed by atoms with Gasteiger partial charge in [-0.1, -0.05) is 11.6 Å². The Kier molecular flexibility index (Phi) is 6.37. The van der Waals surface area contributed by atoms with Crippen molar-refractivity contribution < 1.29 is 22.4 Å². The SMILES string of the molecule is N#CC(=Cc1cccn1-c1ncc(C(F)(F)F)cc1Cl)c1ccc(C(=O)c2ccc(F)cc2)s1. The van der Waals surface area contributed by atoms with Gasteiger partial charge in [-0.3, -0.25) is 4.79 Å². The average molecular weight is 502 g/mol. The monoisotopic (exact) mass is 501 g/mol. The molecule has 1 aromatic carbocycles. The van der Waals surface area contributed by atoms with Gasteiger partial charge in [0.2, 0.25) is 5.78 Å². The fourth-order valence-corrected chi connectivity index (χ4v) is 4.31. The summed E-state index contributed by atoms with van der Waals surface area (Å²) in [7, 11) is 0. The maximum absolute atomic E-state index is 13.1. The third kappa shape index (κ3) is 4.78. The first-order valence-corrected chi connectivity index (χ1v) is 10.8. The zero-order valence-corrected chi connectivity index (χ0v) is 18.5. The maximum Gasteiger partial charge on any atom is 0.417 e. The number of thiophene rings is 1. The number of halogens is 5. The minimum atomic E-state index is -4.58. The van der Waals surface area contributed by atoms with Crippen molar-refractivity contribution in [1.82, 2.24) is 9.55 Å². The van der Waals surface area contributed by atoms with Crippen LogP contribution in [0.15, 0.2) is 67.0 Å². The number of carbonyl (C=O) groups excluding carboxylic acids is 1. The number of nitrogens with zero attached hydrogens (tertiary/aromatic N) is 3. The van der Waals surface area contributed by atoms with Gasteiger partial charge in [-0.2, -0.15) is 18.4 Å². The molecule has 0 saturated carbocycles. The lowest BCUT2D eigenvalue weighted by molar-refractivity contribution is -0.137. The van der Waals surface area contributed by atoms with Crippen LogP contribution in [0.1, 0.15) is 31.4 Å². The molecule has 0 N–H and O–H groups in total.